The normalized spacial score (nSPS) is 21.1. The van der Waals surface area contributed by atoms with E-state index in [1.54, 1.807) is 0 Å². The van der Waals surface area contributed by atoms with Crippen LogP contribution in [0, 0.1) is 0 Å². The number of piperidine rings is 1. The molecule has 2 fully saturated rings. The highest BCUT2D eigenvalue weighted by atomic mass is 16.6. The molecule has 1 aromatic rings. The van der Waals surface area contributed by atoms with E-state index in [0.717, 1.165) is 38.0 Å². The zero-order valence-corrected chi connectivity index (χ0v) is 14.4. The monoisotopic (exact) mass is 331 g/mol. The number of likely N-dealkylation sites (tertiary alicyclic amines) is 1. The Labute approximate surface area is 144 Å². The fraction of sp³-hybridized carbons (Fsp3) is 0.632. The first-order chi connectivity index (χ1) is 11.8. The van der Waals surface area contributed by atoms with E-state index in [9.17, 15) is 4.79 Å². The SMILES string of the molecule is NCCN(C[C@H]1CCCCN1C(=O)OCc1ccccc1)C1CC1. The van der Waals surface area contributed by atoms with Crippen LogP contribution in [0.2, 0.25) is 0 Å². The summed E-state index contributed by atoms with van der Waals surface area (Å²) < 4.78 is 5.56. The predicted octanol–water partition coefficient (Wildman–Crippen LogP) is 2.60. The lowest BCUT2D eigenvalue weighted by Crippen LogP contribution is -2.50. The molecule has 3 rings (SSSR count). The molecular weight excluding hydrogens is 302 g/mol. The van der Waals surface area contributed by atoms with Crippen LogP contribution in [0.25, 0.3) is 0 Å². The summed E-state index contributed by atoms with van der Waals surface area (Å²) in [5.74, 6) is 0. The van der Waals surface area contributed by atoms with Crippen molar-refractivity contribution in [1.29, 1.82) is 0 Å². The number of hydrogen-bond donors (Lipinski definition) is 1. The molecule has 5 heteroatoms. The molecule has 132 valence electrons. The highest BCUT2D eigenvalue weighted by Crippen LogP contribution is 2.28. The van der Waals surface area contributed by atoms with Gasteiger partial charge < -0.3 is 15.4 Å². The topological polar surface area (TPSA) is 58.8 Å². The summed E-state index contributed by atoms with van der Waals surface area (Å²) in [5, 5.41) is 0. The smallest absolute Gasteiger partial charge is 0.410 e. The molecule has 5 nitrogen and oxygen atoms in total. The molecule has 1 aromatic carbocycles. The molecule has 2 N–H and O–H groups in total. The minimum Gasteiger partial charge on any atom is -0.445 e. The maximum Gasteiger partial charge on any atom is 0.410 e. The number of nitrogens with two attached hydrogens (primary N) is 1. The van der Waals surface area contributed by atoms with Crippen LogP contribution in [-0.2, 0) is 11.3 Å². The number of carbonyl (C=O) groups excluding carboxylic acids is 1. The highest BCUT2D eigenvalue weighted by molar-refractivity contribution is 5.68. The van der Waals surface area contributed by atoms with Crippen LogP contribution in [0.4, 0.5) is 4.79 Å². The zero-order chi connectivity index (χ0) is 16.8. The van der Waals surface area contributed by atoms with Gasteiger partial charge in [0.15, 0.2) is 0 Å². The van der Waals surface area contributed by atoms with Crippen molar-refractivity contribution >= 4 is 6.09 Å². The Morgan fingerprint density at radius 1 is 1.21 bits per heavy atom. The number of rotatable bonds is 7. The van der Waals surface area contributed by atoms with E-state index in [-0.39, 0.29) is 12.1 Å². The van der Waals surface area contributed by atoms with Crippen LogP contribution < -0.4 is 5.73 Å². The van der Waals surface area contributed by atoms with Gasteiger partial charge in [0.1, 0.15) is 6.61 Å². The standard InChI is InChI=1S/C19H29N3O2/c20-11-13-21(17-9-10-17)14-18-8-4-5-12-22(18)19(23)24-15-16-6-2-1-3-7-16/h1-3,6-7,17-18H,4-5,8-15,20H2/t18-/m1/s1. The van der Waals surface area contributed by atoms with Gasteiger partial charge in [0.2, 0.25) is 0 Å². The van der Waals surface area contributed by atoms with E-state index in [1.165, 1.54) is 19.3 Å². The van der Waals surface area contributed by atoms with E-state index in [2.05, 4.69) is 4.90 Å². The number of ether oxygens (including phenoxy) is 1. The van der Waals surface area contributed by atoms with Crippen LogP contribution in [0.5, 0.6) is 0 Å². The summed E-state index contributed by atoms with van der Waals surface area (Å²) >= 11 is 0. The van der Waals surface area contributed by atoms with Crippen LogP contribution >= 0.6 is 0 Å². The molecule has 1 aliphatic carbocycles. The van der Waals surface area contributed by atoms with Gasteiger partial charge in [-0.2, -0.15) is 0 Å². The molecule has 1 saturated heterocycles. The first kappa shape index (κ1) is 17.2. The van der Waals surface area contributed by atoms with Crippen molar-refractivity contribution in [2.75, 3.05) is 26.2 Å². The number of benzene rings is 1. The summed E-state index contributed by atoms with van der Waals surface area (Å²) in [6, 6.07) is 10.8. The van der Waals surface area contributed by atoms with Crippen LogP contribution in [-0.4, -0.2) is 54.2 Å². The minimum atomic E-state index is -0.174. The lowest BCUT2D eigenvalue weighted by atomic mass is 10.0. The van der Waals surface area contributed by atoms with Gasteiger partial charge in [-0.3, -0.25) is 4.90 Å². The van der Waals surface area contributed by atoms with Gasteiger partial charge in [0, 0.05) is 38.3 Å². The number of amides is 1. The summed E-state index contributed by atoms with van der Waals surface area (Å²) in [7, 11) is 0. The molecular formula is C19H29N3O2. The van der Waals surface area contributed by atoms with Crippen LogP contribution in [0.15, 0.2) is 30.3 Å². The molecule has 1 atom stereocenters. The molecule has 1 amide bonds. The number of carbonyl (C=O) groups is 1. The molecule has 2 aliphatic rings. The number of nitrogens with zero attached hydrogens (tertiary/aromatic N) is 2. The third-order valence-corrected chi connectivity index (χ3v) is 4.99. The predicted molar refractivity (Wildman–Crippen MR) is 94.6 cm³/mol. The molecule has 1 saturated carbocycles. The average molecular weight is 331 g/mol. The molecule has 0 radical (unpaired) electrons. The van der Waals surface area contributed by atoms with Gasteiger partial charge in [-0.15, -0.1) is 0 Å². The van der Waals surface area contributed by atoms with Gasteiger partial charge in [0.05, 0.1) is 0 Å². The second-order valence-electron chi connectivity index (χ2n) is 6.90. The van der Waals surface area contributed by atoms with E-state index in [4.69, 9.17) is 10.5 Å². The lowest BCUT2D eigenvalue weighted by molar-refractivity contribution is 0.0556. The Balaban J connectivity index is 1.55. The quantitative estimate of drug-likeness (QED) is 0.834. The first-order valence-corrected chi connectivity index (χ1v) is 9.19. The maximum absolute atomic E-state index is 12.6. The van der Waals surface area contributed by atoms with E-state index in [0.29, 0.717) is 19.2 Å². The lowest BCUT2D eigenvalue weighted by Gasteiger charge is -2.38. The minimum absolute atomic E-state index is 0.174. The Kier molecular flexibility index (Phi) is 6.10. The van der Waals surface area contributed by atoms with E-state index in [1.807, 2.05) is 35.2 Å². The molecule has 0 bridgehead atoms. The molecule has 1 heterocycles. The summed E-state index contributed by atoms with van der Waals surface area (Å²) in [5.41, 5.74) is 6.79. The molecule has 0 unspecified atom stereocenters. The van der Waals surface area contributed by atoms with Crippen molar-refractivity contribution in [3.63, 3.8) is 0 Å². The molecule has 0 spiro atoms. The van der Waals surface area contributed by atoms with Gasteiger partial charge in [-0.25, -0.2) is 4.79 Å². The van der Waals surface area contributed by atoms with E-state index < -0.39 is 0 Å². The van der Waals surface area contributed by atoms with Crippen molar-refractivity contribution in [1.82, 2.24) is 9.80 Å². The summed E-state index contributed by atoms with van der Waals surface area (Å²) in [4.78, 5) is 17.0. The van der Waals surface area contributed by atoms with Crippen molar-refractivity contribution in [3.05, 3.63) is 35.9 Å². The largest absolute Gasteiger partial charge is 0.445 e. The zero-order valence-electron chi connectivity index (χ0n) is 14.4. The maximum atomic E-state index is 12.6. The second kappa shape index (κ2) is 8.49. The van der Waals surface area contributed by atoms with Gasteiger partial charge in [-0.05, 0) is 37.7 Å². The second-order valence-corrected chi connectivity index (χ2v) is 6.90. The third-order valence-electron chi connectivity index (χ3n) is 4.99. The van der Waals surface area contributed by atoms with E-state index >= 15 is 0 Å². The van der Waals surface area contributed by atoms with Crippen molar-refractivity contribution in [2.24, 2.45) is 5.73 Å². The van der Waals surface area contributed by atoms with Crippen LogP contribution in [0.3, 0.4) is 0 Å². The molecule has 0 aromatic heterocycles. The third kappa shape index (κ3) is 4.71. The van der Waals surface area contributed by atoms with Gasteiger partial charge in [0.25, 0.3) is 0 Å². The van der Waals surface area contributed by atoms with Gasteiger partial charge >= 0.3 is 6.09 Å². The molecule has 24 heavy (non-hydrogen) atoms. The summed E-state index contributed by atoms with van der Waals surface area (Å²) in [6.07, 6.45) is 5.68. The molecule has 1 aliphatic heterocycles. The first-order valence-electron chi connectivity index (χ1n) is 9.19. The summed E-state index contributed by atoms with van der Waals surface area (Å²) in [6.45, 7) is 3.69. The van der Waals surface area contributed by atoms with Crippen LogP contribution in [0.1, 0.15) is 37.7 Å². The van der Waals surface area contributed by atoms with Crippen molar-refractivity contribution in [3.8, 4) is 0 Å². The van der Waals surface area contributed by atoms with Gasteiger partial charge in [-0.1, -0.05) is 30.3 Å². The fourth-order valence-corrected chi connectivity index (χ4v) is 3.53. The fourth-order valence-electron chi connectivity index (χ4n) is 3.53. The highest BCUT2D eigenvalue weighted by Gasteiger charge is 2.34. The Bertz CT molecular complexity index is 519. The Morgan fingerprint density at radius 2 is 2.00 bits per heavy atom. The van der Waals surface area contributed by atoms with Crippen molar-refractivity contribution < 1.29 is 9.53 Å². The number of hydrogen-bond acceptors (Lipinski definition) is 4. The average Bonchev–Trinajstić information content (AvgIpc) is 3.46. The Morgan fingerprint density at radius 3 is 2.71 bits per heavy atom. The Hall–Kier alpha value is -1.59. The van der Waals surface area contributed by atoms with Crippen molar-refractivity contribution in [2.45, 2.75) is 50.8 Å².